The molecular formula is C17H22N2O2S. The fraction of sp³-hybridized carbons (Fsp3) is 0.294. The molecule has 2 aromatic carbocycles. The van der Waals surface area contributed by atoms with Gasteiger partial charge in [-0.05, 0) is 61.8 Å². The molecule has 0 spiro atoms. The van der Waals surface area contributed by atoms with E-state index in [0.29, 0.717) is 0 Å². The summed E-state index contributed by atoms with van der Waals surface area (Å²) >= 11 is 1.58. The summed E-state index contributed by atoms with van der Waals surface area (Å²) in [5.74, 6) is 1.45. The Kier molecular flexibility index (Phi) is 6.43. The van der Waals surface area contributed by atoms with Gasteiger partial charge in [-0.3, -0.25) is 0 Å². The van der Waals surface area contributed by atoms with Gasteiger partial charge in [0, 0.05) is 16.6 Å². The zero-order valence-corrected chi connectivity index (χ0v) is 14.0. The van der Waals surface area contributed by atoms with E-state index in [-0.39, 0.29) is 0 Å². The normalized spacial score (nSPS) is 10.3. The largest absolute Gasteiger partial charge is 0.493 e. The summed E-state index contributed by atoms with van der Waals surface area (Å²) in [5.41, 5.74) is 2.31. The minimum atomic E-state index is 0.718. The van der Waals surface area contributed by atoms with Gasteiger partial charge in [-0.25, -0.2) is 0 Å². The first-order chi connectivity index (χ1) is 10.8. The van der Waals surface area contributed by atoms with Crippen molar-refractivity contribution in [3.63, 3.8) is 0 Å². The van der Waals surface area contributed by atoms with Crippen LogP contribution >= 0.6 is 11.9 Å². The maximum absolute atomic E-state index is 5.30. The van der Waals surface area contributed by atoms with Gasteiger partial charge >= 0.3 is 0 Å². The lowest BCUT2D eigenvalue weighted by Crippen LogP contribution is -2.10. The molecule has 2 N–H and O–H groups in total. The van der Waals surface area contributed by atoms with E-state index in [1.165, 1.54) is 10.5 Å². The average molecular weight is 318 g/mol. The van der Waals surface area contributed by atoms with Crippen LogP contribution in [0.5, 0.6) is 11.5 Å². The molecule has 4 nitrogen and oxygen atoms in total. The quantitative estimate of drug-likeness (QED) is 0.728. The molecule has 0 heterocycles. The fourth-order valence-electron chi connectivity index (χ4n) is 2.01. The molecule has 22 heavy (non-hydrogen) atoms. The molecule has 0 aliphatic heterocycles. The van der Waals surface area contributed by atoms with E-state index in [1.54, 1.807) is 26.2 Å². The molecule has 0 radical (unpaired) electrons. The number of benzene rings is 2. The van der Waals surface area contributed by atoms with Crippen LogP contribution in [0, 0.1) is 0 Å². The summed E-state index contributed by atoms with van der Waals surface area (Å²) in [6, 6.07) is 14.4. The summed E-state index contributed by atoms with van der Waals surface area (Å²) in [7, 11) is 5.24. The average Bonchev–Trinajstić information content (AvgIpc) is 2.58. The van der Waals surface area contributed by atoms with Crippen molar-refractivity contribution >= 4 is 17.6 Å². The van der Waals surface area contributed by atoms with Gasteiger partial charge in [0.2, 0.25) is 0 Å². The fourth-order valence-corrected chi connectivity index (χ4v) is 2.65. The SMILES string of the molecule is CNCCc1ccc(SNc2ccc(OC)c(OC)c2)cc1. The Morgan fingerprint density at radius 1 is 0.955 bits per heavy atom. The summed E-state index contributed by atoms with van der Waals surface area (Å²) in [5, 5.41) is 3.16. The van der Waals surface area contributed by atoms with Crippen molar-refractivity contribution < 1.29 is 9.47 Å². The third-order valence-corrected chi connectivity index (χ3v) is 4.10. The molecule has 0 aromatic heterocycles. The van der Waals surface area contributed by atoms with Crippen LogP contribution in [0.15, 0.2) is 47.4 Å². The van der Waals surface area contributed by atoms with E-state index in [1.807, 2.05) is 25.2 Å². The Labute approximate surface area is 136 Å². The predicted molar refractivity (Wildman–Crippen MR) is 93.1 cm³/mol. The number of anilines is 1. The highest BCUT2D eigenvalue weighted by Gasteiger charge is 2.04. The number of likely N-dealkylation sites (N-methyl/N-ethyl adjacent to an activating group) is 1. The van der Waals surface area contributed by atoms with Crippen molar-refractivity contribution in [1.82, 2.24) is 5.32 Å². The predicted octanol–water partition coefficient (Wildman–Crippen LogP) is 3.58. The van der Waals surface area contributed by atoms with Gasteiger partial charge in [-0.2, -0.15) is 0 Å². The zero-order valence-electron chi connectivity index (χ0n) is 13.2. The third kappa shape index (κ3) is 4.58. The lowest BCUT2D eigenvalue weighted by atomic mass is 10.1. The first-order valence-electron chi connectivity index (χ1n) is 7.15. The molecule has 0 unspecified atom stereocenters. The van der Waals surface area contributed by atoms with Gasteiger partial charge < -0.3 is 19.5 Å². The molecule has 0 aliphatic rings. The summed E-state index contributed by atoms with van der Waals surface area (Å²) in [4.78, 5) is 1.17. The first kappa shape index (κ1) is 16.5. The second-order valence-electron chi connectivity index (χ2n) is 4.77. The molecule has 0 bridgehead atoms. The lowest BCUT2D eigenvalue weighted by molar-refractivity contribution is 0.355. The number of ether oxygens (including phenoxy) is 2. The van der Waals surface area contributed by atoms with Crippen molar-refractivity contribution in [2.45, 2.75) is 11.3 Å². The molecule has 118 valence electrons. The van der Waals surface area contributed by atoms with E-state index in [9.17, 15) is 0 Å². The number of nitrogens with one attached hydrogen (secondary N) is 2. The van der Waals surface area contributed by atoms with Gasteiger partial charge in [-0.15, -0.1) is 0 Å². The van der Waals surface area contributed by atoms with Crippen LogP contribution in [-0.2, 0) is 6.42 Å². The second kappa shape index (κ2) is 8.56. The Morgan fingerprint density at radius 3 is 2.32 bits per heavy atom. The van der Waals surface area contributed by atoms with E-state index in [2.05, 4.69) is 34.3 Å². The molecular weight excluding hydrogens is 296 g/mol. The van der Waals surface area contributed by atoms with Crippen LogP contribution in [0.3, 0.4) is 0 Å². The van der Waals surface area contributed by atoms with E-state index in [0.717, 1.165) is 30.2 Å². The highest BCUT2D eigenvalue weighted by Crippen LogP contribution is 2.31. The van der Waals surface area contributed by atoms with Gasteiger partial charge in [0.05, 0.1) is 14.2 Å². The van der Waals surface area contributed by atoms with Crippen molar-refractivity contribution in [3.05, 3.63) is 48.0 Å². The summed E-state index contributed by atoms with van der Waals surface area (Å²) in [6.07, 6.45) is 1.05. The monoisotopic (exact) mass is 318 g/mol. The van der Waals surface area contributed by atoms with Crippen LogP contribution < -0.4 is 19.5 Å². The molecule has 0 aliphatic carbocycles. The van der Waals surface area contributed by atoms with Crippen molar-refractivity contribution in [1.29, 1.82) is 0 Å². The van der Waals surface area contributed by atoms with Gasteiger partial charge in [0.25, 0.3) is 0 Å². The standard InChI is InChI=1S/C17H22N2O2S/c1-18-11-10-13-4-7-15(8-5-13)22-19-14-6-9-16(20-2)17(12-14)21-3/h4-9,12,18-19H,10-11H2,1-3H3. The van der Waals surface area contributed by atoms with Crippen molar-refractivity contribution in [2.24, 2.45) is 0 Å². The molecule has 5 heteroatoms. The number of methoxy groups -OCH3 is 2. The smallest absolute Gasteiger partial charge is 0.162 e. The van der Waals surface area contributed by atoms with E-state index >= 15 is 0 Å². The topological polar surface area (TPSA) is 42.5 Å². The molecule has 0 saturated carbocycles. The first-order valence-corrected chi connectivity index (χ1v) is 7.97. The van der Waals surface area contributed by atoms with Gasteiger partial charge in [-0.1, -0.05) is 12.1 Å². The minimum Gasteiger partial charge on any atom is -0.493 e. The molecule has 2 aromatic rings. The second-order valence-corrected chi connectivity index (χ2v) is 5.65. The van der Waals surface area contributed by atoms with E-state index < -0.39 is 0 Å². The Balaban J connectivity index is 1.95. The number of hydrogen-bond donors (Lipinski definition) is 2. The number of rotatable bonds is 8. The third-order valence-electron chi connectivity index (χ3n) is 3.26. The lowest BCUT2D eigenvalue weighted by Gasteiger charge is -2.11. The van der Waals surface area contributed by atoms with Crippen molar-refractivity contribution in [3.8, 4) is 11.5 Å². The summed E-state index contributed by atoms with van der Waals surface area (Å²) in [6.45, 7) is 0.996. The van der Waals surface area contributed by atoms with Crippen molar-refractivity contribution in [2.75, 3.05) is 32.5 Å². The van der Waals surface area contributed by atoms with Gasteiger partial charge in [0.15, 0.2) is 11.5 Å². The Hall–Kier alpha value is -1.85. The maximum atomic E-state index is 5.30. The van der Waals surface area contributed by atoms with Crippen LogP contribution in [0.4, 0.5) is 5.69 Å². The van der Waals surface area contributed by atoms with E-state index in [4.69, 9.17) is 9.47 Å². The molecule has 0 fully saturated rings. The Bertz CT molecular complexity index is 588. The summed E-state index contributed by atoms with van der Waals surface area (Å²) < 4.78 is 13.9. The minimum absolute atomic E-state index is 0.718. The van der Waals surface area contributed by atoms with Gasteiger partial charge in [0.1, 0.15) is 0 Å². The molecule has 2 rings (SSSR count). The highest BCUT2D eigenvalue weighted by atomic mass is 32.2. The highest BCUT2D eigenvalue weighted by molar-refractivity contribution is 8.00. The van der Waals surface area contributed by atoms with Crippen LogP contribution in [-0.4, -0.2) is 27.8 Å². The van der Waals surface area contributed by atoms with Crippen LogP contribution in [0.2, 0.25) is 0 Å². The Morgan fingerprint density at radius 2 is 1.68 bits per heavy atom. The molecule has 0 amide bonds. The van der Waals surface area contributed by atoms with Crippen LogP contribution in [0.1, 0.15) is 5.56 Å². The van der Waals surface area contributed by atoms with Crippen LogP contribution in [0.25, 0.3) is 0 Å². The maximum Gasteiger partial charge on any atom is 0.162 e. The molecule has 0 saturated heterocycles. The zero-order chi connectivity index (χ0) is 15.8. The number of hydrogen-bond acceptors (Lipinski definition) is 5. The molecule has 0 atom stereocenters.